The Morgan fingerprint density at radius 3 is 3.11 bits per heavy atom. The number of amides is 1. The molecule has 0 saturated heterocycles. The van der Waals surface area contributed by atoms with Crippen LogP contribution in [0.25, 0.3) is 0 Å². The number of hydrogen-bond donors (Lipinski definition) is 2. The minimum Gasteiger partial charge on any atom is -0.331 e. The van der Waals surface area contributed by atoms with E-state index in [1.54, 1.807) is 16.2 Å². The fraction of sp³-hybridized carbons (Fsp3) is 0.333. The van der Waals surface area contributed by atoms with Gasteiger partial charge in [0.05, 0.1) is 22.1 Å². The summed E-state index contributed by atoms with van der Waals surface area (Å²) in [5.41, 5.74) is 8.04. The van der Waals surface area contributed by atoms with Gasteiger partial charge in [-0.2, -0.15) is 5.10 Å². The number of nitrogens with zero attached hydrogens (tertiary/aromatic N) is 2. The maximum atomic E-state index is 12.3. The molecule has 19 heavy (non-hydrogen) atoms. The summed E-state index contributed by atoms with van der Waals surface area (Å²) in [4.78, 5) is 15.2. The number of halogens is 1. The second-order valence-electron chi connectivity index (χ2n) is 4.57. The van der Waals surface area contributed by atoms with Crippen molar-refractivity contribution in [2.75, 3.05) is 0 Å². The molecule has 3 heterocycles. The van der Waals surface area contributed by atoms with Crippen LogP contribution in [0.15, 0.2) is 22.1 Å². The first-order chi connectivity index (χ1) is 9.13. The molecule has 0 radical (unpaired) electrons. The van der Waals surface area contributed by atoms with Crippen LogP contribution in [0, 0.1) is 0 Å². The van der Waals surface area contributed by atoms with E-state index in [0.29, 0.717) is 19.5 Å². The van der Waals surface area contributed by atoms with Gasteiger partial charge in [0.15, 0.2) is 0 Å². The van der Waals surface area contributed by atoms with Crippen LogP contribution in [0.4, 0.5) is 0 Å². The van der Waals surface area contributed by atoms with E-state index in [1.807, 2.05) is 18.3 Å². The fourth-order valence-electron chi connectivity index (χ4n) is 2.22. The van der Waals surface area contributed by atoms with Crippen LogP contribution in [0.5, 0.6) is 0 Å². The Morgan fingerprint density at radius 2 is 2.42 bits per heavy atom. The van der Waals surface area contributed by atoms with Gasteiger partial charge >= 0.3 is 0 Å². The predicted molar refractivity (Wildman–Crippen MR) is 76.5 cm³/mol. The van der Waals surface area contributed by atoms with Crippen molar-refractivity contribution in [3.05, 3.63) is 38.3 Å². The summed E-state index contributed by atoms with van der Waals surface area (Å²) in [6, 6.07) is 3.48. The van der Waals surface area contributed by atoms with E-state index in [4.69, 9.17) is 5.73 Å². The molecule has 100 valence electrons. The van der Waals surface area contributed by atoms with Gasteiger partial charge in [0.2, 0.25) is 5.91 Å². The molecule has 0 fully saturated rings. The maximum absolute atomic E-state index is 12.3. The Morgan fingerprint density at radius 1 is 1.58 bits per heavy atom. The molecule has 0 bridgehead atoms. The minimum atomic E-state index is -0.487. The van der Waals surface area contributed by atoms with E-state index in [1.165, 1.54) is 0 Å². The second-order valence-corrected chi connectivity index (χ2v) is 7.12. The number of rotatable bonds is 3. The first-order valence-electron chi connectivity index (χ1n) is 5.93. The summed E-state index contributed by atoms with van der Waals surface area (Å²) in [6.45, 7) is 1.16. The van der Waals surface area contributed by atoms with Crippen molar-refractivity contribution < 1.29 is 4.79 Å². The monoisotopic (exact) mass is 340 g/mol. The summed E-state index contributed by atoms with van der Waals surface area (Å²) < 4.78 is 1.06. The van der Waals surface area contributed by atoms with Gasteiger partial charge in [-0.25, -0.2) is 0 Å². The number of nitrogens with two attached hydrogens (primary N) is 1. The van der Waals surface area contributed by atoms with E-state index in [2.05, 4.69) is 26.1 Å². The lowest BCUT2D eigenvalue weighted by Gasteiger charge is -2.19. The molecule has 7 heteroatoms. The van der Waals surface area contributed by atoms with Crippen molar-refractivity contribution in [1.82, 2.24) is 15.1 Å². The van der Waals surface area contributed by atoms with E-state index in [9.17, 15) is 4.79 Å². The number of carbonyl (C=O) groups is 1. The molecule has 3 rings (SSSR count). The fourth-order valence-corrected chi connectivity index (χ4v) is 3.76. The molecular formula is C12H13BrN4OS. The van der Waals surface area contributed by atoms with Gasteiger partial charge in [-0.05, 0) is 28.1 Å². The number of hydrogen-bond acceptors (Lipinski definition) is 4. The van der Waals surface area contributed by atoms with Crippen LogP contribution in [-0.2, 0) is 24.3 Å². The highest BCUT2D eigenvalue weighted by Gasteiger charge is 2.28. The minimum absolute atomic E-state index is 0.0116. The van der Waals surface area contributed by atoms with E-state index < -0.39 is 6.04 Å². The normalized spacial score (nSPS) is 15.6. The highest BCUT2D eigenvalue weighted by molar-refractivity contribution is 9.11. The van der Waals surface area contributed by atoms with Gasteiger partial charge in [0.25, 0.3) is 0 Å². The predicted octanol–water partition coefficient (Wildman–Crippen LogP) is 1.65. The standard InChI is InChI=1S/C12H13BrN4OS/c13-11-2-1-8(19-11)3-9(14)12(18)17-5-7-4-15-16-10(7)6-17/h1-2,4,9H,3,5-6,14H2,(H,15,16). The smallest absolute Gasteiger partial charge is 0.240 e. The SMILES string of the molecule is NC(Cc1ccc(Br)s1)C(=O)N1Cc2c[nH]nc2C1. The average Bonchev–Trinajstić information content (AvgIpc) is 3.03. The highest BCUT2D eigenvalue weighted by Crippen LogP contribution is 2.24. The summed E-state index contributed by atoms with van der Waals surface area (Å²) in [5.74, 6) is -0.0116. The van der Waals surface area contributed by atoms with E-state index in [-0.39, 0.29) is 5.91 Å². The van der Waals surface area contributed by atoms with Crippen LogP contribution in [0.2, 0.25) is 0 Å². The lowest BCUT2D eigenvalue weighted by molar-refractivity contribution is -0.133. The summed E-state index contributed by atoms with van der Waals surface area (Å²) in [6.07, 6.45) is 2.42. The molecule has 2 aromatic heterocycles. The average molecular weight is 341 g/mol. The molecular weight excluding hydrogens is 328 g/mol. The molecule has 0 aromatic carbocycles. The Labute approximate surface area is 122 Å². The van der Waals surface area contributed by atoms with E-state index in [0.717, 1.165) is 19.9 Å². The van der Waals surface area contributed by atoms with Crippen molar-refractivity contribution in [2.24, 2.45) is 5.73 Å². The van der Waals surface area contributed by atoms with Crippen LogP contribution in [0.1, 0.15) is 16.1 Å². The first-order valence-corrected chi connectivity index (χ1v) is 7.54. The van der Waals surface area contributed by atoms with Gasteiger partial charge in [0, 0.05) is 29.6 Å². The topological polar surface area (TPSA) is 75.0 Å². The van der Waals surface area contributed by atoms with Crippen LogP contribution in [0.3, 0.4) is 0 Å². The molecule has 1 aliphatic rings. The number of nitrogens with one attached hydrogen (secondary N) is 1. The Hall–Kier alpha value is -1.18. The van der Waals surface area contributed by atoms with Gasteiger partial charge in [-0.1, -0.05) is 0 Å². The molecule has 3 N–H and O–H groups in total. The largest absolute Gasteiger partial charge is 0.331 e. The van der Waals surface area contributed by atoms with Crippen LogP contribution < -0.4 is 5.73 Å². The Balaban J connectivity index is 1.63. The van der Waals surface area contributed by atoms with Gasteiger partial charge in [-0.15, -0.1) is 11.3 Å². The third-order valence-corrected chi connectivity index (χ3v) is 4.84. The van der Waals surface area contributed by atoms with Crippen molar-refractivity contribution >= 4 is 33.2 Å². The number of carbonyl (C=O) groups excluding carboxylic acids is 1. The van der Waals surface area contributed by atoms with Crippen LogP contribution >= 0.6 is 27.3 Å². The molecule has 5 nitrogen and oxygen atoms in total. The maximum Gasteiger partial charge on any atom is 0.240 e. The van der Waals surface area contributed by atoms with Crippen LogP contribution in [-0.4, -0.2) is 27.0 Å². The molecule has 0 saturated carbocycles. The molecule has 1 atom stereocenters. The number of thiophene rings is 1. The quantitative estimate of drug-likeness (QED) is 0.891. The van der Waals surface area contributed by atoms with Gasteiger partial charge in [-0.3, -0.25) is 9.89 Å². The van der Waals surface area contributed by atoms with Crippen molar-refractivity contribution in [3.8, 4) is 0 Å². The van der Waals surface area contributed by atoms with E-state index >= 15 is 0 Å². The molecule has 2 aromatic rings. The zero-order valence-electron chi connectivity index (χ0n) is 10.1. The van der Waals surface area contributed by atoms with Crippen molar-refractivity contribution in [3.63, 3.8) is 0 Å². The third-order valence-electron chi connectivity index (χ3n) is 3.19. The molecule has 0 aliphatic carbocycles. The zero-order valence-corrected chi connectivity index (χ0v) is 12.5. The second kappa shape index (κ2) is 5.07. The zero-order chi connectivity index (χ0) is 13.4. The highest BCUT2D eigenvalue weighted by atomic mass is 79.9. The molecule has 0 spiro atoms. The number of fused-ring (bicyclic) bond motifs is 1. The number of H-pyrrole nitrogens is 1. The molecule has 1 aliphatic heterocycles. The Bertz CT molecular complexity index is 588. The first kappa shape index (κ1) is 12.8. The van der Waals surface area contributed by atoms with Crippen molar-refractivity contribution in [2.45, 2.75) is 25.6 Å². The van der Waals surface area contributed by atoms with Crippen molar-refractivity contribution in [1.29, 1.82) is 0 Å². The summed E-state index contributed by atoms with van der Waals surface area (Å²) >= 11 is 5.02. The lowest BCUT2D eigenvalue weighted by atomic mass is 10.1. The summed E-state index contributed by atoms with van der Waals surface area (Å²) in [7, 11) is 0. The number of aromatic nitrogens is 2. The molecule has 1 unspecified atom stereocenters. The van der Waals surface area contributed by atoms with Gasteiger partial charge in [0.1, 0.15) is 0 Å². The third kappa shape index (κ3) is 2.58. The lowest BCUT2D eigenvalue weighted by Crippen LogP contribution is -2.42. The Kier molecular flexibility index (Phi) is 3.42. The molecule has 1 amide bonds. The van der Waals surface area contributed by atoms with Gasteiger partial charge < -0.3 is 10.6 Å². The summed E-state index contributed by atoms with van der Waals surface area (Å²) in [5, 5.41) is 6.92. The number of aromatic amines is 1.